The number of hydrogen-bond acceptors (Lipinski definition) is 3. The van der Waals surface area contributed by atoms with Gasteiger partial charge < -0.3 is 15.2 Å². The number of para-hydroxylation sites is 1. The van der Waals surface area contributed by atoms with Crippen LogP contribution >= 0.6 is 0 Å². The van der Waals surface area contributed by atoms with Crippen molar-refractivity contribution < 1.29 is 14.6 Å². The van der Waals surface area contributed by atoms with Gasteiger partial charge in [-0.2, -0.15) is 0 Å². The fourth-order valence-corrected chi connectivity index (χ4v) is 1.99. The molecular formula is C13H17NO3. The Morgan fingerprint density at radius 1 is 1.53 bits per heavy atom. The van der Waals surface area contributed by atoms with Crippen LogP contribution in [0.15, 0.2) is 24.3 Å². The molecule has 2 N–H and O–H groups in total. The molecule has 0 spiro atoms. The first-order valence-corrected chi connectivity index (χ1v) is 5.91. The summed E-state index contributed by atoms with van der Waals surface area (Å²) in [4.78, 5) is 11.4. The quantitative estimate of drug-likeness (QED) is 0.814. The summed E-state index contributed by atoms with van der Waals surface area (Å²) in [6.45, 7) is 2.30. The van der Waals surface area contributed by atoms with Gasteiger partial charge in [0.15, 0.2) is 0 Å². The number of amides is 1. The van der Waals surface area contributed by atoms with Crippen molar-refractivity contribution in [2.45, 2.75) is 31.9 Å². The molecule has 0 aromatic heterocycles. The van der Waals surface area contributed by atoms with Gasteiger partial charge in [-0.3, -0.25) is 4.79 Å². The van der Waals surface area contributed by atoms with Crippen molar-refractivity contribution in [3.63, 3.8) is 0 Å². The lowest BCUT2D eigenvalue weighted by molar-refractivity contribution is -0.122. The Hall–Kier alpha value is -1.55. The van der Waals surface area contributed by atoms with E-state index >= 15 is 0 Å². The Morgan fingerprint density at radius 3 is 3.06 bits per heavy atom. The van der Waals surface area contributed by atoms with Gasteiger partial charge in [-0.25, -0.2) is 0 Å². The third-order valence-electron chi connectivity index (χ3n) is 2.97. The zero-order valence-corrected chi connectivity index (χ0v) is 9.85. The second kappa shape index (κ2) is 5.19. The normalized spacial score (nSPS) is 23.2. The third kappa shape index (κ3) is 2.58. The molecular weight excluding hydrogens is 218 g/mol. The average molecular weight is 235 g/mol. The number of benzene rings is 1. The molecule has 4 nitrogen and oxygen atoms in total. The van der Waals surface area contributed by atoms with Crippen LogP contribution in [-0.4, -0.2) is 23.7 Å². The summed E-state index contributed by atoms with van der Waals surface area (Å²) >= 11 is 0. The van der Waals surface area contributed by atoms with Crippen molar-refractivity contribution in [2.75, 3.05) is 6.61 Å². The minimum absolute atomic E-state index is 0.0477. The smallest absolute Gasteiger partial charge is 0.220 e. The highest BCUT2D eigenvalue weighted by molar-refractivity contribution is 5.76. The fraction of sp³-hybridized carbons (Fsp3) is 0.462. The van der Waals surface area contributed by atoms with Crippen LogP contribution in [0.5, 0.6) is 5.75 Å². The van der Waals surface area contributed by atoms with E-state index in [1.807, 2.05) is 24.3 Å². The van der Waals surface area contributed by atoms with Gasteiger partial charge in [-0.05, 0) is 6.07 Å². The predicted octanol–water partition coefficient (Wildman–Crippen LogP) is 1.40. The number of rotatable bonds is 2. The summed E-state index contributed by atoms with van der Waals surface area (Å²) in [7, 11) is 0. The standard InChI is InChI=1S/C13H17NO3/c1-2-12(15)14-10-7-8-17-11-6-4-3-5-9(11)13(10)16/h3-6,10,13,16H,2,7-8H2,1H3,(H,14,15). The maximum absolute atomic E-state index is 11.4. The van der Waals surface area contributed by atoms with Crippen LogP contribution in [-0.2, 0) is 4.79 Å². The fourth-order valence-electron chi connectivity index (χ4n) is 1.99. The molecule has 1 amide bonds. The van der Waals surface area contributed by atoms with Crippen molar-refractivity contribution in [3.8, 4) is 5.75 Å². The van der Waals surface area contributed by atoms with Crippen LogP contribution < -0.4 is 10.1 Å². The molecule has 1 aliphatic rings. The molecule has 1 aromatic carbocycles. The second-order valence-corrected chi connectivity index (χ2v) is 4.15. The largest absolute Gasteiger partial charge is 0.493 e. The summed E-state index contributed by atoms with van der Waals surface area (Å²) < 4.78 is 5.55. The Labute approximate surface area is 101 Å². The van der Waals surface area contributed by atoms with Crippen LogP contribution in [0, 0.1) is 0 Å². The van der Waals surface area contributed by atoms with Gasteiger partial charge in [0.2, 0.25) is 5.91 Å². The Morgan fingerprint density at radius 2 is 2.29 bits per heavy atom. The van der Waals surface area contributed by atoms with E-state index in [1.54, 1.807) is 6.92 Å². The van der Waals surface area contributed by atoms with Gasteiger partial charge in [0.05, 0.1) is 12.6 Å². The highest BCUT2D eigenvalue weighted by Crippen LogP contribution is 2.31. The Bertz CT molecular complexity index is 405. The zero-order chi connectivity index (χ0) is 12.3. The van der Waals surface area contributed by atoms with Crippen LogP contribution in [0.2, 0.25) is 0 Å². The van der Waals surface area contributed by atoms with Gasteiger partial charge >= 0.3 is 0 Å². The summed E-state index contributed by atoms with van der Waals surface area (Å²) in [5.41, 5.74) is 0.742. The molecule has 1 heterocycles. The Balaban J connectivity index is 2.19. The van der Waals surface area contributed by atoms with E-state index in [0.29, 0.717) is 25.2 Å². The molecule has 2 unspecified atom stereocenters. The number of ether oxygens (including phenoxy) is 1. The lowest BCUT2D eigenvalue weighted by Crippen LogP contribution is -2.39. The van der Waals surface area contributed by atoms with Crippen molar-refractivity contribution in [1.29, 1.82) is 0 Å². The van der Waals surface area contributed by atoms with E-state index in [0.717, 1.165) is 5.56 Å². The second-order valence-electron chi connectivity index (χ2n) is 4.15. The van der Waals surface area contributed by atoms with E-state index in [-0.39, 0.29) is 11.9 Å². The molecule has 1 aromatic rings. The summed E-state index contributed by atoms with van der Waals surface area (Å²) in [5, 5.41) is 13.1. The van der Waals surface area contributed by atoms with Crippen molar-refractivity contribution >= 4 is 5.91 Å². The van der Waals surface area contributed by atoms with Crippen LogP contribution in [0.25, 0.3) is 0 Å². The summed E-state index contributed by atoms with van der Waals surface area (Å²) in [6, 6.07) is 7.12. The van der Waals surface area contributed by atoms with E-state index in [4.69, 9.17) is 4.74 Å². The minimum Gasteiger partial charge on any atom is -0.493 e. The number of nitrogens with one attached hydrogen (secondary N) is 1. The molecule has 0 radical (unpaired) electrons. The molecule has 0 fully saturated rings. The van der Waals surface area contributed by atoms with Gasteiger partial charge in [-0.15, -0.1) is 0 Å². The van der Waals surface area contributed by atoms with Gasteiger partial charge in [0.25, 0.3) is 0 Å². The first kappa shape index (κ1) is 11.9. The minimum atomic E-state index is -0.704. The average Bonchev–Trinajstić information content (AvgIpc) is 2.51. The lowest BCUT2D eigenvalue weighted by Gasteiger charge is -2.21. The van der Waals surface area contributed by atoms with E-state index in [2.05, 4.69) is 5.32 Å². The number of carbonyl (C=O) groups is 1. The van der Waals surface area contributed by atoms with Gasteiger partial charge in [0.1, 0.15) is 11.9 Å². The van der Waals surface area contributed by atoms with Crippen molar-refractivity contribution in [1.82, 2.24) is 5.32 Å². The molecule has 0 aliphatic carbocycles. The highest BCUT2D eigenvalue weighted by Gasteiger charge is 2.27. The maximum Gasteiger partial charge on any atom is 0.220 e. The molecule has 92 valence electrons. The number of carbonyl (C=O) groups excluding carboxylic acids is 1. The van der Waals surface area contributed by atoms with Gasteiger partial charge in [0, 0.05) is 18.4 Å². The molecule has 2 atom stereocenters. The predicted molar refractivity (Wildman–Crippen MR) is 63.7 cm³/mol. The first-order valence-electron chi connectivity index (χ1n) is 5.91. The lowest BCUT2D eigenvalue weighted by atomic mass is 10.00. The first-order chi connectivity index (χ1) is 8.22. The van der Waals surface area contributed by atoms with Crippen molar-refractivity contribution in [3.05, 3.63) is 29.8 Å². The van der Waals surface area contributed by atoms with E-state index in [1.165, 1.54) is 0 Å². The van der Waals surface area contributed by atoms with E-state index in [9.17, 15) is 9.90 Å². The number of aliphatic hydroxyl groups is 1. The maximum atomic E-state index is 11.4. The van der Waals surface area contributed by atoms with E-state index < -0.39 is 6.10 Å². The number of hydrogen-bond donors (Lipinski definition) is 2. The highest BCUT2D eigenvalue weighted by atomic mass is 16.5. The molecule has 17 heavy (non-hydrogen) atoms. The molecule has 0 saturated carbocycles. The summed E-state index contributed by atoms with van der Waals surface area (Å²) in [6.07, 6.45) is 0.331. The van der Waals surface area contributed by atoms with Gasteiger partial charge in [-0.1, -0.05) is 25.1 Å². The molecule has 2 rings (SSSR count). The third-order valence-corrected chi connectivity index (χ3v) is 2.97. The van der Waals surface area contributed by atoms with Crippen molar-refractivity contribution in [2.24, 2.45) is 0 Å². The number of fused-ring (bicyclic) bond motifs is 1. The molecule has 1 aliphatic heterocycles. The summed E-state index contributed by atoms with van der Waals surface area (Å²) in [5.74, 6) is 0.654. The zero-order valence-electron chi connectivity index (χ0n) is 9.85. The molecule has 0 bridgehead atoms. The molecule has 4 heteroatoms. The SMILES string of the molecule is CCC(=O)NC1CCOc2ccccc2C1O. The number of aliphatic hydroxyl groups excluding tert-OH is 1. The monoisotopic (exact) mass is 235 g/mol. The molecule has 0 saturated heterocycles. The topological polar surface area (TPSA) is 58.6 Å². The van der Waals surface area contributed by atoms with Crippen LogP contribution in [0.1, 0.15) is 31.4 Å². The Kier molecular flexibility index (Phi) is 3.64. The van der Waals surface area contributed by atoms with Crippen LogP contribution in [0.3, 0.4) is 0 Å². The van der Waals surface area contributed by atoms with Crippen LogP contribution in [0.4, 0.5) is 0 Å².